The van der Waals surface area contributed by atoms with Gasteiger partial charge in [0, 0.05) is 6.20 Å². The predicted molar refractivity (Wildman–Crippen MR) is 92.3 cm³/mol. The third-order valence-electron chi connectivity index (χ3n) is 2.33. The van der Waals surface area contributed by atoms with Gasteiger partial charge in [-0.05, 0) is 31.2 Å². The average molecular weight is 302 g/mol. The molecule has 4 nitrogen and oxygen atoms in total. The van der Waals surface area contributed by atoms with Gasteiger partial charge in [0.25, 0.3) is 0 Å². The number of nitriles is 1. The molecule has 0 radical (unpaired) electrons. The van der Waals surface area contributed by atoms with E-state index >= 15 is 0 Å². The molecule has 0 aliphatic carbocycles. The van der Waals surface area contributed by atoms with E-state index in [0.29, 0.717) is 17.0 Å². The Bertz CT molecular complexity index is 558. The van der Waals surface area contributed by atoms with Crippen LogP contribution in [0.4, 0.5) is 0 Å². The van der Waals surface area contributed by atoms with E-state index in [9.17, 15) is 4.79 Å². The molecule has 0 N–H and O–H groups in total. The van der Waals surface area contributed by atoms with Crippen LogP contribution >= 0.6 is 0 Å². The van der Waals surface area contributed by atoms with Crippen molar-refractivity contribution >= 4 is 11.7 Å². The standard InChI is InChI=1S/C14H14N2O2.2C2H6/c1-4-7-12(11(5-2)10-15)16-9-6-8-13(16)14(17)18-3;2*1-2/h4-9H,2H2,1,3H3;2*1-2H3/b7-4-,12-11-;;. The number of allylic oxidation sites excluding steroid dienone is 5. The van der Waals surface area contributed by atoms with Crippen LogP contribution in [0, 0.1) is 11.3 Å². The van der Waals surface area contributed by atoms with Gasteiger partial charge in [-0.3, -0.25) is 0 Å². The predicted octanol–water partition coefficient (Wildman–Crippen LogP) is 4.82. The fourth-order valence-corrected chi connectivity index (χ4v) is 1.53. The molecule has 0 aromatic carbocycles. The Labute approximate surface area is 134 Å². The molecule has 0 bridgehead atoms. The van der Waals surface area contributed by atoms with Crippen LogP contribution in [0.1, 0.15) is 45.1 Å². The summed E-state index contributed by atoms with van der Waals surface area (Å²) >= 11 is 0. The number of carbonyl (C=O) groups excluding carboxylic acids is 1. The third kappa shape index (κ3) is 5.84. The van der Waals surface area contributed by atoms with E-state index in [1.807, 2.05) is 40.7 Å². The van der Waals surface area contributed by atoms with Crippen molar-refractivity contribution in [2.75, 3.05) is 7.11 Å². The van der Waals surface area contributed by atoms with Crippen molar-refractivity contribution in [3.8, 4) is 6.07 Å². The molecule has 1 aromatic heterocycles. The minimum Gasteiger partial charge on any atom is -0.464 e. The summed E-state index contributed by atoms with van der Waals surface area (Å²) < 4.78 is 6.30. The molecule has 0 aliphatic heterocycles. The van der Waals surface area contributed by atoms with E-state index < -0.39 is 5.97 Å². The Balaban J connectivity index is 0. The van der Waals surface area contributed by atoms with Crippen LogP contribution in [0.3, 0.4) is 0 Å². The minimum atomic E-state index is -0.455. The monoisotopic (exact) mass is 302 g/mol. The number of aromatic nitrogens is 1. The Morgan fingerprint density at radius 2 is 1.95 bits per heavy atom. The van der Waals surface area contributed by atoms with E-state index in [1.165, 1.54) is 13.2 Å². The molecule has 1 rings (SSSR count). The molecule has 0 atom stereocenters. The van der Waals surface area contributed by atoms with Gasteiger partial charge in [0.05, 0.1) is 18.4 Å². The second-order valence-electron chi connectivity index (χ2n) is 3.37. The van der Waals surface area contributed by atoms with Crippen molar-refractivity contribution in [1.82, 2.24) is 4.57 Å². The second kappa shape index (κ2) is 13.4. The lowest BCUT2D eigenvalue weighted by Crippen LogP contribution is -2.09. The van der Waals surface area contributed by atoms with E-state index in [0.717, 1.165) is 0 Å². The highest BCUT2D eigenvalue weighted by Crippen LogP contribution is 2.18. The van der Waals surface area contributed by atoms with Crippen molar-refractivity contribution in [3.05, 3.63) is 54.4 Å². The zero-order chi connectivity index (χ0) is 17.5. The summed E-state index contributed by atoms with van der Waals surface area (Å²) in [5, 5.41) is 9.07. The molecule has 0 aliphatic rings. The number of hydrogen-bond acceptors (Lipinski definition) is 3. The smallest absolute Gasteiger partial charge is 0.355 e. The zero-order valence-electron chi connectivity index (χ0n) is 14.4. The molecule has 0 unspecified atom stereocenters. The summed E-state index contributed by atoms with van der Waals surface area (Å²) in [7, 11) is 1.32. The van der Waals surface area contributed by atoms with Crippen molar-refractivity contribution in [1.29, 1.82) is 5.26 Å². The molecule has 1 aromatic rings. The maximum Gasteiger partial charge on any atom is 0.355 e. The Morgan fingerprint density at radius 3 is 2.36 bits per heavy atom. The lowest BCUT2D eigenvalue weighted by molar-refractivity contribution is 0.0592. The largest absolute Gasteiger partial charge is 0.464 e. The fraction of sp³-hybridized carbons (Fsp3) is 0.333. The van der Waals surface area contributed by atoms with Gasteiger partial charge >= 0.3 is 5.97 Å². The van der Waals surface area contributed by atoms with Gasteiger partial charge in [-0.1, -0.05) is 40.3 Å². The summed E-state index contributed by atoms with van der Waals surface area (Å²) in [6, 6.07) is 5.39. The van der Waals surface area contributed by atoms with Crippen LogP contribution in [-0.2, 0) is 4.74 Å². The van der Waals surface area contributed by atoms with Gasteiger partial charge in [-0.15, -0.1) is 0 Å². The third-order valence-corrected chi connectivity index (χ3v) is 2.33. The molecule has 0 saturated heterocycles. The molecule has 1 heterocycles. The molecule has 4 heteroatoms. The number of carbonyl (C=O) groups is 1. The van der Waals surface area contributed by atoms with Gasteiger partial charge < -0.3 is 9.30 Å². The van der Waals surface area contributed by atoms with Crippen molar-refractivity contribution in [3.63, 3.8) is 0 Å². The Hall–Kier alpha value is -2.54. The van der Waals surface area contributed by atoms with Crippen LogP contribution < -0.4 is 0 Å². The lowest BCUT2D eigenvalue weighted by Gasteiger charge is -2.09. The van der Waals surface area contributed by atoms with Gasteiger partial charge in [-0.25, -0.2) is 4.79 Å². The van der Waals surface area contributed by atoms with Crippen LogP contribution in [0.5, 0.6) is 0 Å². The molecule has 0 amide bonds. The van der Waals surface area contributed by atoms with Crippen LogP contribution in [0.2, 0.25) is 0 Å². The first-order valence-electron chi connectivity index (χ1n) is 7.35. The maximum absolute atomic E-state index is 11.6. The number of nitrogens with zero attached hydrogens (tertiary/aromatic N) is 2. The highest BCUT2D eigenvalue weighted by Gasteiger charge is 2.14. The molecule has 0 spiro atoms. The number of esters is 1. The highest BCUT2D eigenvalue weighted by atomic mass is 16.5. The summed E-state index contributed by atoms with van der Waals surface area (Å²) in [5.41, 5.74) is 1.33. The van der Waals surface area contributed by atoms with Gasteiger partial charge in [0.15, 0.2) is 0 Å². The van der Waals surface area contributed by atoms with Gasteiger partial charge in [-0.2, -0.15) is 5.26 Å². The second-order valence-corrected chi connectivity index (χ2v) is 3.37. The van der Waals surface area contributed by atoms with Crippen molar-refractivity contribution < 1.29 is 9.53 Å². The van der Waals surface area contributed by atoms with Crippen molar-refractivity contribution in [2.24, 2.45) is 0 Å². The highest BCUT2D eigenvalue weighted by molar-refractivity contribution is 5.90. The van der Waals surface area contributed by atoms with E-state index in [-0.39, 0.29) is 0 Å². The first kappa shape index (κ1) is 21.8. The summed E-state index contributed by atoms with van der Waals surface area (Å²) in [6.07, 6.45) is 6.68. The zero-order valence-corrected chi connectivity index (χ0v) is 14.4. The number of rotatable bonds is 4. The average Bonchev–Trinajstić information content (AvgIpc) is 3.07. The Kier molecular flexibility index (Phi) is 13.3. The quantitative estimate of drug-likeness (QED) is 0.455. The fourth-order valence-electron chi connectivity index (χ4n) is 1.53. The molecule has 0 saturated carbocycles. The number of hydrogen-bond donors (Lipinski definition) is 0. The van der Waals surface area contributed by atoms with E-state index in [4.69, 9.17) is 10.00 Å². The summed E-state index contributed by atoms with van der Waals surface area (Å²) in [6.45, 7) is 13.4. The summed E-state index contributed by atoms with van der Waals surface area (Å²) in [5.74, 6) is -0.455. The maximum atomic E-state index is 11.6. The van der Waals surface area contributed by atoms with Crippen LogP contribution in [0.25, 0.3) is 5.70 Å². The van der Waals surface area contributed by atoms with E-state index in [1.54, 1.807) is 35.0 Å². The lowest BCUT2D eigenvalue weighted by atomic mass is 10.2. The van der Waals surface area contributed by atoms with Crippen molar-refractivity contribution in [2.45, 2.75) is 34.6 Å². The van der Waals surface area contributed by atoms with Crippen LogP contribution in [0.15, 0.2) is 48.7 Å². The SMILES string of the molecule is C=C/C(C#N)=C(\C=C/C)n1cccc1C(=O)OC.CC.CC. The summed E-state index contributed by atoms with van der Waals surface area (Å²) in [4.78, 5) is 11.6. The first-order valence-corrected chi connectivity index (χ1v) is 7.35. The van der Waals surface area contributed by atoms with Crippen LogP contribution in [-0.4, -0.2) is 17.6 Å². The van der Waals surface area contributed by atoms with E-state index in [2.05, 4.69) is 6.58 Å². The normalized spacial score (nSPS) is 10.2. The van der Waals surface area contributed by atoms with Gasteiger partial charge in [0.1, 0.15) is 11.8 Å². The Morgan fingerprint density at radius 1 is 1.36 bits per heavy atom. The van der Waals surface area contributed by atoms with Gasteiger partial charge in [0.2, 0.25) is 0 Å². The molecule has 0 fully saturated rings. The number of methoxy groups -OCH3 is 1. The molecular formula is C18H26N2O2. The number of ether oxygens (including phenoxy) is 1. The molecule has 120 valence electrons. The first-order chi connectivity index (χ1) is 10.7. The molecular weight excluding hydrogens is 276 g/mol. The molecule has 22 heavy (non-hydrogen) atoms. The topological polar surface area (TPSA) is 55.0 Å². The minimum absolute atomic E-state index is 0.361.